The highest BCUT2D eigenvalue weighted by molar-refractivity contribution is 5.75. The SMILES string of the molecule is Cc1nc(CC(N)=O)ncc1CN. The molecule has 1 amide bonds. The number of rotatable bonds is 3. The first-order chi connectivity index (χ1) is 6.13. The van der Waals surface area contributed by atoms with E-state index in [1.54, 1.807) is 6.20 Å². The van der Waals surface area contributed by atoms with Gasteiger partial charge in [-0.3, -0.25) is 4.79 Å². The minimum Gasteiger partial charge on any atom is -0.369 e. The summed E-state index contributed by atoms with van der Waals surface area (Å²) in [5, 5.41) is 0. The van der Waals surface area contributed by atoms with Crippen molar-refractivity contribution in [2.24, 2.45) is 11.5 Å². The Morgan fingerprint density at radius 2 is 2.31 bits per heavy atom. The summed E-state index contributed by atoms with van der Waals surface area (Å²) in [6.45, 7) is 2.23. The molecule has 5 nitrogen and oxygen atoms in total. The fourth-order valence-corrected chi connectivity index (χ4v) is 0.982. The maximum atomic E-state index is 10.6. The summed E-state index contributed by atoms with van der Waals surface area (Å²) in [5.74, 6) is 0.0158. The lowest BCUT2D eigenvalue weighted by Crippen LogP contribution is -2.16. The summed E-state index contributed by atoms with van der Waals surface area (Å²) in [6.07, 6.45) is 1.70. The summed E-state index contributed by atoms with van der Waals surface area (Å²) in [7, 11) is 0. The van der Waals surface area contributed by atoms with Gasteiger partial charge in [-0.1, -0.05) is 0 Å². The van der Waals surface area contributed by atoms with Crippen LogP contribution in [0.1, 0.15) is 17.1 Å². The smallest absolute Gasteiger partial charge is 0.225 e. The Kier molecular flexibility index (Phi) is 2.92. The third-order valence-corrected chi connectivity index (χ3v) is 1.68. The van der Waals surface area contributed by atoms with E-state index in [9.17, 15) is 4.79 Å². The fourth-order valence-electron chi connectivity index (χ4n) is 0.982. The van der Waals surface area contributed by atoms with Crippen LogP contribution < -0.4 is 11.5 Å². The third kappa shape index (κ3) is 2.48. The molecule has 0 aliphatic heterocycles. The van der Waals surface area contributed by atoms with Crippen LogP contribution in [0.5, 0.6) is 0 Å². The maximum Gasteiger partial charge on any atom is 0.225 e. The molecule has 0 spiro atoms. The van der Waals surface area contributed by atoms with Crippen LogP contribution in [-0.4, -0.2) is 15.9 Å². The Labute approximate surface area is 76.2 Å². The molecule has 70 valence electrons. The molecule has 5 heteroatoms. The Bertz CT molecular complexity index is 324. The number of aryl methyl sites for hydroxylation is 1. The molecule has 13 heavy (non-hydrogen) atoms. The molecule has 0 aliphatic carbocycles. The van der Waals surface area contributed by atoms with Crippen LogP contribution in [-0.2, 0) is 17.8 Å². The van der Waals surface area contributed by atoms with E-state index in [1.807, 2.05) is 6.92 Å². The monoisotopic (exact) mass is 180 g/mol. The summed E-state index contributed by atoms with van der Waals surface area (Å²) in [4.78, 5) is 18.6. The number of nitrogens with two attached hydrogens (primary N) is 2. The largest absolute Gasteiger partial charge is 0.369 e. The number of carbonyl (C=O) groups is 1. The van der Waals surface area contributed by atoms with Crippen LogP contribution >= 0.6 is 0 Å². The van der Waals surface area contributed by atoms with Gasteiger partial charge in [0.1, 0.15) is 5.82 Å². The van der Waals surface area contributed by atoms with Crippen LogP contribution in [0, 0.1) is 6.92 Å². The Balaban J connectivity index is 2.89. The topological polar surface area (TPSA) is 94.9 Å². The molecule has 0 saturated carbocycles. The second-order valence-electron chi connectivity index (χ2n) is 2.74. The second kappa shape index (κ2) is 3.95. The molecule has 0 bridgehead atoms. The Hall–Kier alpha value is -1.49. The molecule has 0 unspecified atom stereocenters. The standard InChI is InChI=1S/C8H12N4O/c1-5-6(3-9)4-11-8(12-5)2-7(10)13/h4H,2-3,9H2,1H3,(H2,10,13). The van der Waals surface area contributed by atoms with E-state index in [0.717, 1.165) is 11.3 Å². The van der Waals surface area contributed by atoms with Gasteiger partial charge in [-0.05, 0) is 6.92 Å². The molecule has 0 atom stereocenters. The lowest BCUT2D eigenvalue weighted by atomic mass is 10.2. The van der Waals surface area contributed by atoms with Gasteiger partial charge in [0.25, 0.3) is 0 Å². The van der Waals surface area contributed by atoms with Crippen molar-refractivity contribution in [3.63, 3.8) is 0 Å². The van der Waals surface area contributed by atoms with E-state index in [1.165, 1.54) is 0 Å². The van der Waals surface area contributed by atoms with E-state index >= 15 is 0 Å². The molecule has 0 aliphatic rings. The molecule has 1 aromatic rings. The average molecular weight is 180 g/mol. The average Bonchev–Trinajstić information content (AvgIpc) is 2.03. The van der Waals surface area contributed by atoms with Crippen LogP contribution in [0.2, 0.25) is 0 Å². The first kappa shape index (κ1) is 9.60. The predicted octanol–water partition coefficient (Wildman–Crippen LogP) is -0.728. The van der Waals surface area contributed by atoms with Crippen LogP contribution in [0.25, 0.3) is 0 Å². The zero-order chi connectivity index (χ0) is 9.84. The minimum atomic E-state index is -0.431. The van der Waals surface area contributed by atoms with Crippen LogP contribution in [0.4, 0.5) is 0 Å². The van der Waals surface area contributed by atoms with E-state index in [0.29, 0.717) is 12.4 Å². The van der Waals surface area contributed by atoms with Crippen molar-refractivity contribution in [2.45, 2.75) is 19.9 Å². The molecule has 0 aromatic carbocycles. The number of primary amides is 1. The molecular formula is C8H12N4O. The number of hydrogen-bond acceptors (Lipinski definition) is 4. The van der Waals surface area contributed by atoms with Crippen molar-refractivity contribution < 1.29 is 4.79 Å². The molecule has 0 radical (unpaired) electrons. The molecule has 0 fully saturated rings. The second-order valence-corrected chi connectivity index (χ2v) is 2.74. The van der Waals surface area contributed by atoms with Gasteiger partial charge in [-0.15, -0.1) is 0 Å². The van der Waals surface area contributed by atoms with Gasteiger partial charge >= 0.3 is 0 Å². The van der Waals surface area contributed by atoms with Crippen molar-refractivity contribution in [1.82, 2.24) is 9.97 Å². The zero-order valence-electron chi connectivity index (χ0n) is 7.45. The number of nitrogens with zero attached hydrogens (tertiary/aromatic N) is 2. The molecule has 1 heterocycles. The maximum absolute atomic E-state index is 10.6. The fraction of sp³-hybridized carbons (Fsp3) is 0.375. The molecule has 4 N–H and O–H groups in total. The lowest BCUT2D eigenvalue weighted by Gasteiger charge is -2.02. The van der Waals surface area contributed by atoms with Crippen molar-refractivity contribution in [1.29, 1.82) is 0 Å². The van der Waals surface area contributed by atoms with Crippen LogP contribution in [0.3, 0.4) is 0 Å². The quantitative estimate of drug-likeness (QED) is 0.641. The number of carbonyl (C=O) groups excluding carboxylic acids is 1. The summed E-state index contributed by atoms with van der Waals surface area (Å²) >= 11 is 0. The number of hydrogen-bond donors (Lipinski definition) is 2. The highest BCUT2D eigenvalue weighted by atomic mass is 16.1. The zero-order valence-corrected chi connectivity index (χ0v) is 7.45. The van der Waals surface area contributed by atoms with Crippen molar-refractivity contribution in [2.75, 3.05) is 0 Å². The third-order valence-electron chi connectivity index (χ3n) is 1.68. The minimum absolute atomic E-state index is 0.0751. The number of aromatic nitrogens is 2. The predicted molar refractivity (Wildman–Crippen MR) is 47.6 cm³/mol. The van der Waals surface area contributed by atoms with Gasteiger partial charge in [0, 0.05) is 24.0 Å². The van der Waals surface area contributed by atoms with E-state index in [4.69, 9.17) is 11.5 Å². The molecule has 1 rings (SSSR count). The van der Waals surface area contributed by atoms with Gasteiger partial charge in [-0.2, -0.15) is 0 Å². The first-order valence-electron chi connectivity index (χ1n) is 3.93. The molecular weight excluding hydrogens is 168 g/mol. The van der Waals surface area contributed by atoms with Gasteiger partial charge in [0.15, 0.2) is 0 Å². The van der Waals surface area contributed by atoms with E-state index < -0.39 is 5.91 Å². The normalized spacial score (nSPS) is 10.0. The van der Waals surface area contributed by atoms with Crippen molar-refractivity contribution >= 4 is 5.91 Å². The first-order valence-corrected chi connectivity index (χ1v) is 3.93. The van der Waals surface area contributed by atoms with Crippen molar-refractivity contribution in [3.05, 3.63) is 23.3 Å². The lowest BCUT2D eigenvalue weighted by molar-refractivity contribution is -0.117. The van der Waals surface area contributed by atoms with Gasteiger partial charge in [0.05, 0.1) is 6.42 Å². The summed E-state index contributed by atoms with van der Waals surface area (Å²) < 4.78 is 0. The van der Waals surface area contributed by atoms with Crippen LogP contribution in [0.15, 0.2) is 6.20 Å². The Morgan fingerprint density at radius 1 is 1.62 bits per heavy atom. The van der Waals surface area contributed by atoms with E-state index in [2.05, 4.69) is 9.97 Å². The Morgan fingerprint density at radius 3 is 2.77 bits per heavy atom. The highest BCUT2D eigenvalue weighted by Crippen LogP contribution is 2.02. The van der Waals surface area contributed by atoms with E-state index in [-0.39, 0.29) is 6.42 Å². The van der Waals surface area contributed by atoms with Crippen molar-refractivity contribution in [3.8, 4) is 0 Å². The highest BCUT2D eigenvalue weighted by Gasteiger charge is 2.04. The summed E-state index contributed by atoms with van der Waals surface area (Å²) in [6, 6.07) is 0. The van der Waals surface area contributed by atoms with Gasteiger partial charge in [0.2, 0.25) is 5.91 Å². The summed E-state index contributed by atoms with van der Waals surface area (Å²) in [5.41, 5.74) is 12.1. The van der Waals surface area contributed by atoms with Gasteiger partial charge in [-0.25, -0.2) is 9.97 Å². The molecule has 0 saturated heterocycles. The van der Waals surface area contributed by atoms with Gasteiger partial charge < -0.3 is 11.5 Å². The molecule has 1 aromatic heterocycles. The number of amides is 1.